The molecular formula is C10H6ClF3O. The van der Waals surface area contributed by atoms with Crippen molar-refractivity contribution in [2.45, 2.75) is 6.18 Å². The predicted molar refractivity (Wildman–Crippen MR) is 50.8 cm³/mol. The molecule has 0 aliphatic carbocycles. The second-order valence-corrected chi connectivity index (χ2v) is 3.04. The van der Waals surface area contributed by atoms with E-state index < -0.39 is 11.7 Å². The van der Waals surface area contributed by atoms with E-state index in [4.69, 9.17) is 22.8 Å². The monoisotopic (exact) mass is 234 g/mol. The van der Waals surface area contributed by atoms with E-state index in [0.29, 0.717) is 0 Å². The van der Waals surface area contributed by atoms with Gasteiger partial charge in [-0.3, -0.25) is 0 Å². The number of hydrogen-bond donors (Lipinski definition) is 0. The van der Waals surface area contributed by atoms with Crippen LogP contribution in [0, 0.1) is 12.3 Å². The number of alkyl halides is 3. The van der Waals surface area contributed by atoms with Gasteiger partial charge in [0.2, 0.25) is 0 Å². The van der Waals surface area contributed by atoms with Gasteiger partial charge in [-0.1, -0.05) is 17.5 Å². The lowest BCUT2D eigenvalue weighted by molar-refractivity contribution is -0.137. The molecule has 80 valence electrons. The summed E-state index contributed by atoms with van der Waals surface area (Å²) in [6.07, 6.45) is 0.519. The largest absolute Gasteiger partial charge is 0.479 e. The van der Waals surface area contributed by atoms with Gasteiger partial charge in [-0.2, -0.15) is 13.2 Å². The van der Waals surface area contributed by atoms with Gasteiger partial charge in [0, 0.05) is 0 Å². The van der Waals surface area contributed by atoms with Gasteiger partial charge in [0.15, 0.2) is 0 Å². The van der Waals surface area contributed by atoms with E-state index in [1.54, 1.807) is 0 Å². The standard InChI is InChI=1S/C10H6ClF3O/c1-2-5-15-9-4-3-7(6-8(9)11)10(12,13)14/h1,3-4,6H,5H2. The summed E-state index contributed by atoms with van der Waals surface area (Å²) in [7, 11) is 0. The number of terminal acetylenes is 1. The quantitative estimate of drug-likeness (QED) is 0.713. The number of ether oxygens (including phenoxy) is 1. The molecule has 0 aromatic heterocycles. The average Bonchev–Trinajstić information content (AvgIpc) is 2.14. The molecule has 0 aliphatic heterocycles. The van der Waals surface area contributed by atoms with Crippen molar-refractivity contribution in [1.82, 2.24) is 0 Å². The number of benzene rings is 1. The van der Waals surface area contributed by atoms with Gasteiger partial charge in [-0.15, -0.1) is 6.42 Å². The maximum Gasteiger partial charge on any atom is 0.416 e. The second kappa shape index (κ2) is 4.45. The van der Waals surface area contributed by atoms with Crippen molar-refractivity contribution < 1.29 is 17.9 Å². The zero-order chi connectivity index (χ0) is 11.5. The van der Waals surface area contributed by atoms with Crippen molar-refractivity contribution in [2.75, 3.05) is 6.61 Å². The summed E-state index contributed by atoms with van der Waals surface area (Å²) >= 11 is 5.58. The van der Waals surface area contributed by atoms with Gasteiger partial charge in [-0.25, -0.2) is 0 Å². The van der Waals surface area contributed by atoms with Crippen molar-refractivity contribution in [1.29, 1.82) is 0 Å². The van der Waals surface area contributed by atoms with Crippen molar-refractivity contribution in [3.63, 3.8) is 0 Å². The van der Waals surface area contributed by atoms with Crippen LogP contribution < -0.4 is 4.74 Å². The van der Waals surface area contributed by atoms with Gasteiger partial charge >= 0.3 is 6.18 Å². The molecule has 0 atom stereocenters. The van der Waals surface area contributed by atoms with E-state index in [0.717, 1.165) is 18.2 Å². The Morgan fingerprint density at radius 3 is 2.53 bits per heavy atom. The van der Waals surface area contributed by atoms with E-state index in [1.165, 1.54) is 0 Å². The molecule has 0 fully saturated rings. The van der Waals surface area contributed by atoms with Crippen LogP contribution >= 0.6 is 11.6 Å². The Hall–Kier alpha value is -1.34. The lowest BCUT2D eigenvalue weighted by atomic mass is 10.2. The Morgan fingerprint density at radius 1 is 1.40 bits per heavy atom. The summed E-state index contributed by atoms with van der Waals surface area (Å²) < 4.78 is 41.6. The Bertz CT molecular complexity index is 393. The molecule has 0 amide bonds. The van der Waals surface area contributed by atoms with E-state index in [2.05, 4.69) is 5.92 Å². The first-order chi connectivity index (χ1) is 6.95. The number of hydrogen-bond acceptors (Lipinski definition) is 1. The van der Waals surface area contributed by atoms with Gasteiger partial charge in [0.05, 0.1) is 10.6 Å². The van der Waals surface area contributed by atoms with Crippen LogP contribution in [-0.2, 0) is 6.18 Å². The molecular weight excluding hydrogens is 229 g/mol. The first kappa shape index (κ1) is 11.7. The molecule has 0 N–H and O–H groups in total. The maximum atomic E-state index is 12.2. The fourth-order valence-corrected chi connectivity index (χ4v) is 1.15. The molecule has 1 aromatic carbocycles. The fraction of sp³-hybridized carbons (Fsp3) is 0.200. The van der Waals surface area contributed by atoms with Crippen LogP contribution in [0.4, 0.5) is 13.2 Å². The third-order valence-electron chi connectivity index (χ3n) is 1.57. The highest BCUT2D eigenvalue weighted by atomic mass is 35.5. The molecule has 1 aromatic rings. The summed E-state index contributed by atoms with van der Waals surface area (Å²) in [5.74, 6) is 2.33. The SMILES string of the molecule is C#CCOc1ccc(C(F)(F)F)cc1Cl. The Labute approximate surface area is 89.8 Å². The van der Waals surface area contributed by atoms with Crippen molar-refractivity contribution in [3.8, 4) is 18.1 Å². The molecule has 0 spiro atoms. The van der Waals surface area contributed by atoms with E-state index in [9.17, 15) is 13.2 Å². The predicted octanol–water partition coefficient (Wildman–Crippen LogP) is 3.37. The molecule has 0 saturated heterocycles. The molecule has 15 heavy (non-hydrogen) atoms. The second-order valence-electron chi connectivity index (χ2n) is 2.64. The number of rotatable bonds is 2. The van der Waals surface area contributed by atoms with Gasteiger partial charge in [-0.05, 0) is 18.2 Å². The van der Waals surface area contributed by atoms with Gasteiger partial charge in [0.25, 0.3) is 0 Å². The highest BCUT2D eigenvalue weighted by Crippen LogP contribution is 2.34. The smallest absolute Gasteiger partial charge is 0.416 e. The molecule has 1 nitrogen and oxygen atoms in total. The van der Waals surface area contributed by atoms with Crippen LogP contribution in [0.3, 0.4) is 0 Å². The Kier molecular flexibility index (Phi) is 3.48. The first-order valence-corrected chi connectivity index (χ1v) is 4.26. The lowest BCUT2D eigenvalue weighted by Crippen LogP contribution is -2.05. The zero-order valence-corrected chi connectivity index (χ0v) is 8.19. The normalized spacial score (nSPS) is 10.9. The van der Waals surface area contributed by atoms with Crippen LogP contribution in [0.5, 0.6) is 5.75 Å². The molecule has 0 radical (unpaired) electrons. The van der Waals surface area contributed by atoms with Crippen LogP contribution in [0.1, 0.15) is 5.56 Å². The summed E-state index contributed by atoms with van der Waals surface area (Å²) in [4.78, 5) is 0. The Balaban J connectivity index is 2.94. The maximum absolute atomic E-state index is 12.2. The molecule has 1 rings (SSSR count). The van der Waals surface area contributed by atoms with Gasteiger partial charge < -0.3 is 4.74 Å². The van der Waals surface area contributed by atoms with Crippen molar-refractivity contribution >= 4 is 11.6 Å². The van der Waals surface area contributed by atoms with Crippen LogP contribution in [0.25, 0.3) is 0 Å². The van der Waals surface area contributed by atoms with Crippen molar-refractivity contribution in [2.24, 2.45) is 0 Å². The van der Waals surface area contributed by atoms with Crippen LogP contribution in [0.2, 0.25) is 5.02 Å². The molecule has 0 bridgehead atoms. The highest BCUT2D eigenvalue weighted by molar-refractivity contribution is 6.32. The molecule has 0 unspecified atom stereocenters. The minimum atomic E-state index is -4.41. The van der Waals surface area contributed by atoms with Crippen LogP contribution in [0.15, 0.2) is 18.2 Å². The lowest BCUT2D eigenvalue weighted by Gasteiger charge is -2.09. The van der Waals surface area contributed by atoms with Crippen molar-refractivity contribution in [3.05, 3.63) is 28.8 Å². The molecule has 0 aliphatic rings. The minimum Gasteiger partial charge on any atom is -0.479 e. The van der Waals surface area contributed by atoms with E-state index >= 15 is 0 Å². The minimum absolute atomic E-state index is 0.0366. The molecule has 0 saturated carbocycles. The topological polar surface area (TPSA) is 9.23 Å². The van der Waals surface area contributed by atoms with Crippen LogP contribution in [-0.4, -0.2) is 6.61 Å². The fourth-order valence-electron chi connectivity index (χ4n) is 0.914. The summed E-state index contributed by atoms with van der Waals surface area (Å²) in [5, 5.41) is -0.111. The summed E-state index contributed by atoms with van der Waals surface area (Å²) in [5.41, 5.74) is -0.819. The average molecular weight is 235 g/mol. The third kappa shape index (κ3) is 3.07. The van der Waals surface area contributed by atoms with E-state index in [-0.39, 0.29) is 17.4 Å². The first-order valence-electron chi connectivity index (χ1n) is 3.88. The molecule has 5 heteroatoms. The van der Waals surface area contributed by atoms with E-state index in [1.807, 2.05) is 0 Å². The summed E-state index contributed by atoms with van der Waals surface area (Å²) in [6, 6.07) is 2.83. The highest BCUT2D eigenvalue weighted by Gasteiger charge is 2.30. The molecule has 0 heterocycles. The number of halogens is 4. The Morgan fingerprint density at radius 2 is 2.07 bits per heavy atom. The van der Waals surface area contributed by atoms with Gasteiger partial charge in [0.1, 0.15) is 12.4 Å². The third-order valence-corrected chi connectivity index (χ3v) is 1.87. The summed E-state index contributed by atoms with van der Waals surface area (Å²) in [6.45, 7) is -0.0366. The zero-order valence-electron chi connectivity index (χ0n) is 7.44.